The van der Waals surface area contributed by atoms with Crippen molar-refractivity contribution < 1.29 is 25.2 Å². The van der Waals surface area contributed by atoms with Crippen molar-refractivity contribution in [3.63, 3.8) is 0 Å². The molecule has 0 aromatic carbocycles. The largest absolute Gasteiger partial charge is 0.394 e. The molecular weight excluding hydrogens is 250 g/mol. The van der Waals surface area contributed by atoms with E-state index < -0.39 is 37.3 Å². The van der Waals surface area contributed by atoms with Crippen LogP contribution >= 0.6 is 12.2 Å². The third-order valence-electron chi connectivity index (χ3n) is 2.45. The Hall–Kier alpha value is -0.550. The van der Waals surface area contributed by atoms with Crippen molar-refractivity contribution in [2.75, 3.05) is 13.7 Å². The Morgan fingerprint density at radius 2 is 1.88 bits per heavy atom. The van der Waals surface area contributed by atoms with Crippen LogP contribution < -0.4 is 16.2 Å². The van der Waals surface area contributed by atoms with E-state index in [-0.39, 0.29) is 5.11 Å². The third-order valence-corrected chi connectivity index (χ3v) is 2.75. The van der Waals surface area contributed by atoms with Crippen molar-refractivity contribution in [1.82, 2.24) is 16.2 Å². The first-order valence-corrected chi connectivity index (χ1v) is 5.45. The molecule has 8 nitrogen and oxygen atoms in total. The first-order chi connectivity index (χ1) is 8.01. The molecule has 0 bridgehead atoms. The van der Waals surface area contributed by atoms with Gasteiger partial charge in [0.15, 0.2) is 11.3 Å². The average molecular weight is 267 g/mol. The standard InChI is InChI=1S/C8H17N3O5S/c1-9-8(17)11-10-7-6(15)5(14)4(13)3(2-12)16-7/h3-7,10,12-15H,2H2,1H3,(H2,9,11,17)/t3-,4-,5-,6-,7-/m1/s1. The van der Waals surface area contributed by atoms with Crippen molar-refractivity contribution >= 4 is 17.3 Å². The second-order valence-corrected chi connectivity index (χ2v) is 4.01. The van der Waals surface area contributed by atoms with Crippen molar-refractivity contribution in [2.45, 2.75) is 30.6 Å². The zero-order valence-electron chi connectivity index (χ0n) is 9.20. The minimum Gasteiger partial charge on any atom is -0.394 e. The maximum absolute atomic E-state index is 9.62. The number of aliphatic hydroxyl groups is 4. The molecule has 9 heteroatoms. The van der Waals surface area contributed by atoms with Crippen molar-refractivity contribution in [1.29, 1.82) is 0 Å². The second kappa shape index (κ2) is 6.40. The summed E-state index contributed by atoms with van der Waals surface area (Å²) in [5.41, 5.74) is 5.05. The highest BCUT2D eigenvalue weighted by atomic mass is 32.1. The van der Waals surface area contributed by atoms with Crippen LogP contribution in [0.4, 0.5) is 0 Å². The first kappa shape index (κ1) is 14.5. The van der Waals surface area contributed by atoms with Crippen LogP contribution in [-0.2, 0) is 4.74 Å². The van der Waals surface area contributed by atoms with Crippen LogP contribution in [0, 0.1) is 0 Å². The predicted octanol–water partition coefficient (Wildman–Crippen LogP) is -3.62. The van der Waals surface area contributed by atoms with Gasteiger partial charge in [0, 0.05) is 7.05 Å². The first-order valence-electron chi connectivity index (χ1n) is 5.05. The minimum absolute atomic E-state index is 0.266. The van der Waals surface area contributed by atoms with E-state index in [0.717, 1.165) is 0 Å². The van der Waals surface area contributed by atoms with E-state index in [0.29, 0.717) is 0 Å². The molecule has 1 aliphatic rings. The molecule has 0 unspecified atom stereocenters. The fourth-order valence-electron chi connectivity index (χ4n) is 1.42. The topological polar surface area (TPSA) is 126 Å². The lowest BCUT2D eigenvalue weighted by molar-refractivity contribution is -0.238. The molecule has 0 radical (unpaired) electrons. The lowest BCUT2D eigenvalue weighted by Crippen LogP contribution is -2.65. The molecule has 100 valence electrons. The van der Waals surface area contributed by atoms with Gasteiger partial charge in [-0.15, -0.1) is 0 Å². The molecule has 5 atom stereocenters. The molecule has 17 heavy (non-hydrogen) atoms. The van der Waals surface area contributed by atoms with Gasteiger partial charge in [-0.2, -0.15) is 0 Å². The molecule has 1 rings (SSSR count). The van der Waals surface area contributed by atoms with E-state index in [1.165, 1.54) is 0 Å². The monoisotopic (exact) mass is 267 g/mol. The molecule has 0 aromatic rings. The van der Waals surface area contributed by atoms with Crippen LogP contribution in [0.3, 0.4) is 0 Å². The van der Waals surface area contributed by atoms with Crippen molar-refractivity contribution in [2.24, 2.45) is 0 Å². The van der Waals surface area contributed by atoms with E-state index in [1.807, 2.05) is 0 Å². The summed E-state index contributed by atoms with van der Waals surface area (Å²) in [6, 6.07) is 0. The number of rotatable bonds is 3. The van der Waals surface area contributed by atoms with Crippen LogP contribution in [0.1, 0.15) is 0 Å². The number of hydrogen-bond donors (Lipinski definition) is 7. The summed E-state index contributed by atoms with van der Waals surface area (Å²) in [5.74, 6) is 0. The fraction of sp³-hybridized carbons (Fsp3) is 0.875. The summed E-state index contributed by atoms with van der Waals surface area (Å²) in [6.45, 7) is -0.473. The molecule has 0 aliphatic carbocycles. The highest BCUT2D eigenvalue weighted by molar-refractivity contribution is 7.80. The van der Waals surface area contributed by atoms with Crippen molar-refractivity contribution in [3.05, 3.63) is 0 Å². The Kier molecular flexibility index (Phi) is 5.46. The van der Waals surface area contributed by atoms with Gasteiger partial charge in [0.1, 0.15) is 24.4 Å². The second-order valence-electron chi connectivity index (χ2n) is 3.60. The zero-order valence-corrected chi connectivity index (χ0v) is 10.0. The summed E-state index contributed by atoms with van der Waals surface area (Å²) in [4.78, 5) is 0. The molecule has 1 aliphatic heterocycles. The summed E-state index contributed by atoms with van der Waals surface area (Å²) >= 11 is 4.79. The SMILES string of the molecule is CNC(=S)NN[C@@H]1O[C@H](CO)[C@@H](O)[C@@H](O)[C@H]1O. The molecule has 0 spiro atoms. The van der Waals surface area contributed by atoms with E-state index in [9.17, 15) is 15.3 Å². The van der Waals surface area contributed by atoms with Gasteiger partial charge in [-0.05, 0) is 12.2 Å². The molecule has 0 aromatic heterocycles. The maximum atomic E-state index is 9.62. The third kappa shape index (κ3) is 3.45. The van der Waals surface area contributed by atoms with Gasteiger partial charge in [0.05, 0.1) is 6.61 Å². The number of hydrogen-bond acceptors (Lipinski definition) is 7. The summed E-state index contributed by atoms with van der Waals surface area (Å²) < 4.78 is 5.15. The van der Waals surface area contributed by atoms with Gasteiger partial charge in [-0.3, -0.25) is 5.43 Å². The van der Waals surface area contributed by atoms with Gasteiger partial charge in [0.2, 0.25) is 0 Å². The Labute approximate surface area is 104 Å². The number of aliphatic hydroxyl groups excluding tert-OH is 4. The summed E-state index contributed by atoms with van der Waals surface area (Å²) in [7, 11) is 1.60. The summed E-state index contributed by atoms with van der Waals surface area (Å²) in [5, 5.41) is 40.5. The predicted molar refractivity (Wildman–Crippen MR) is 61.7 cm³/mol. The van der Waals surface area contributed by atoms with Gasteiger partial charge in [-0.1, -0.05) is 0 Å². The van der Waals surface area contributed by atoms with Crippen LogP contribution in [0.5, 0.6) is 0 Å². The number of hydrazine groups is 1. The van der Waals surface area contributed by atoms with Gasteiger partial charge >= 0.3 is 0 Å². The van der Waals surface area contributed by atoms with E-state index in [2.05, 4.69) is 16.2 Å². The Bertz CT molecular complexity index is 268. The van der Waals surface area contributed by atoms with Crippen molar-refractivity contribution in [3.8, 4) is 0 Å². The molecule has 1 saturated heterocycles. The Morgan fingerprint density at radius 3 is 2.41 bits per heavy atom. The molecule has 0 saturated carbocycles. The number of thiocarbonyl (C=S) groups is 1. The maximum Gasteiger partial charge on any atom is 0.180 e. The van der Waals surface area contributed by atoms with Crippen LogP contribution in [0.2, 0.25) is 0 Å². The lowest BCUT2D eigenvalue weighted by atomic mass is 9.99. The quantitative estimate of drug-likeness (QED) is 0.205. The minimum atomic E-state index is -1.41. The van der Waals surface area contributed by atoms with Gasteiger partial charge < -0.3 is 30.5 Å². The summed E-state index contributed by atoms with van der Waals surface area (Å²) in [6.07, 6.45) is -6.08. The van der Waals surface area contributed by atoms with Gasteiger partial charge in [-0.25, -0.2) is 5.43 Å². The molecule has 1 fully saturated rings. The molecular formula is C8H17N3O5S. The van der Waals surface area contributed by atoms with Crippen LogP contribution in [0.25, 0.3) is 0 Å². The highest BCUT2D eigenvalue weighted by Gasteiger charge is 2.43. The molecule has 0 amide bonds. The van der Waals surface area contributed by atoms with E-state index in [1.54, 1.807) is 7.05 Å². The number of ether oxygens (including phenoxy) is 1. The van der Waals surface area contributed by atoms with Gasteiger partial charge in [0.25, 0.3) is 0 Å². The smallest absolute Gasteiger partial charge is 0.180 e. The fourth-order valence-corrected chi connectivity index (χ4v) is 1.48. The zero-order chi connectivity index (χ0) is 13.0. The Balaban J connectivity index is 2.56. The Morgan fingerprint density at radius 1 is 1.24 bits per heavy atom. The average Bonchev–Trinajstić information content (AvgIpc) is 2.34. The molecule has 1 heterocycles. The van der Waals surface area contributed by atoms with E-state index >= 15 is 0 Å². The van der Waals surface area contributed by atoms with Crippen LogP contribution in [0.15, 0.2) is 0 Å². The lowest BCUT2D eigenvalue weighted by Gasteiger charge is -2.40. The highest BCUT2D eigenvalue weighted by Crippen LogP contribution is 2.19. The number of nitrogens with one attached hydrogen (secondary N) is 3. The normalized spacial score (nSPS) is 37.6. The van der Waals surface area contributed by atoms with E-state index in [4.69, 9.17) is 22.1 Å². The van der Waals surface area contributed by atoms with Crippen LogP contribution in [-0.4, -0.2) is 69.8 Å². The molecule has 7 N–H and O–H groups in total.